The van der Waals surface area contributed by atoms with Crippen molar-refractivity contribution in [1.29, 1.82) is 0 Å². The van der Waals surface area contributed by atoms with E-state index in [1.807, 2.05) is 11.3 Å². The van der Waals surface area contributed by atoms with Gasteiger partial charge < -0.3 is 4.90 Å². The van der Waals surface area contributed by atoms with Crippen molar-refractivity contribution in [3.63, 3.8) is 0 Å². The molecule has 3 heterocycles. The molecule has 0 N–H and O–H groups in total. The molecule has 4 rings (SSSR count). The maximum absolute atomic E-state index is 12.6. The zero-order chi connectivity index (χ0) is 17.8. The summed E-state index contributed by atoms with van der Waals surface area (Å²) < 4.78 is 0. The lowest BCUT2D eigenvalue weighted by molar-refractivity contribution is -0.139. The van der Waals surface area contributed by atoms with E-state index in [2.05, 4.69) is 26.1 Å². The molecule has 1 aromatic heterocycles. The maximum Gasteiger partial charge on any atom is 0.237 e. The lowest BCUT2D eigenvalue weighted by Gasteiger charge is -2.40. The number of piperazine rings is 1. The van der Waals surface area contributed by atoms with Gasteiger partial charge in [-0.05, 0) is 55.8 Å². The largest absolute Gasteiger partial charge is 0.337 e. The molecule has 1 aliphatic carbocycles. The predicted molar refractivity (Wildman–Crippen MR) is 107 cm³/mol. The van der Waals surface area contributed by atoms with Crippen molar-refractivity contribution in [2.24, 2.45) is 0 Å². The molecule has 2 aliphatic heterocycles. The van der Waals surface area contributed by atoms with Crippen molar-refractivity contribution >= 4 is 17.2 Å². The summed E-state index contributed by atoms with van der Waals surface area (Å²) in [6.07, 6.45) is 10.5. The van der Waals surface area contributed by atoms with Crippen LogP contribution in [0.2, 0.25) is 0 Å². The summed E-state index contributed by atoms with van der Waals surface area (Å²) >= 11 is 1.87. The van der Waals surface area contributed by atoms with E-state index in [0.29, 0.717) is 18.5 Å². The molecular formula is C21H33N3OS. The highest BCUT2D eigenvalue weighted by atomic mass is 32.1. The normalized spacial score (nSPS) is 24.3. The molecule has 0 radical (unpaired) electrons. The first-order chi connectivity index (χ1) is 12.8. The second kappa shape index (κ2) is 8.85. The third-order valence-electron chi connectivity index (χ3n) is 6.29. The lowest BCUT2D eigenvalue weighted by atomic mass is 9.93. The SMILES string of the molecule is O=C1CN(Cc2cc(CN3CCCCC3)cs2)CCN1C1CCCCC1. The van der Waals surface area contributed by atoms with Crippen LogP contribution in [0.3, 0.4) is 0 Å². The fourth-order valence-electron chi connectivity index (χ4n) is 4.84. The van der Waals surface area contributed by atoms with Crippen molar-refractivity contribution in [3.8, 4) is 0 Å². The van der Waals surface area contributed by atoms with Gasteiger partial charge in [-0.15, -0.1) is 11.3 Å². The van der Waals surface area contributed by atoms with Gasteiger partial charge >= 0.3 is 0 Å². The van der Waals surface area contributed by atoms with Gasteiger partial charge in [0, 0.05) is 37.1 Å². The van der Waals surface area contributed by atoms with Crippen LogP contribution in [0.1, 0.15) is 61.8 Å². The van der Waals surface area contributed by atoms with Crippen molar-refractivity contribution in [2.45, 2.75) is 70.5 Å². The van der Waals surface area contributed by atoms with E-state index in [-0.39, 0.29) is 0 Å². The molecule has 0 aromatic carbocycles. The molecule has 1 aromatic rings. The summed E-state index contributed by atoms with van der Waals surface area (Å²) in [7, 11) is 0. The smallest absolute Gasteiger partial charge is 0.237 e. The first-order valence-corrected chi connectivity index (χ1v) is 11.5. The Kier molecular flexibility index (Phi) is 6.28. The highest BCUT2D eigenvalue weighted by Crippen LogP contribution is 2.25. The van der Waals surface area contributed by atoms with Gasteiger partial charge in [-0.25, -0.2) is 0 Å². The highest BCUT2D eigenvalue weighted by molar-refractivity contribution is 7.10. The summed E-state index contributed by atoms with van der Waals surface area (Å²) in [5.41, 5.74) is 1.46. The van der Waals surface area contributed by atoms with Crippen LogP contribution in [0.15, 0.2) is 11.4 Å². The lowest BCUT2D eigenvalue weighted by Crippen LogP contribution is -2.54. The molecule has 3 aliphatic rings. The highest BCUT2D eigenvalue weighted by Gasteiger charge is 2.30. The van der Waals surface area contributed by atoms with Gasteiger partial charge in [0.2, 0.25) is 5.91 Å². The van der Waals surface area contributed by atoms with Gasteiger partial charge in [-0.1, -0.05) is 25.7 Å². The number of carbonyl (C=O) groups excluding carboxylic acids is 1. The molecular weight excluding hydrogens is 342 g/mol. The molecule has 1 saturated carbocycles. The van der Waals surface area contributed by atoms with E-state index >= 15 is 0 Å². The van der Waals surface area contributed by atoms with Crippen LogP contribution in [0.25, 0.3) is 0 Å². The Labute approximate surface area is 162 Å². The van der Waals surface area contributed by atoms with Gasteiger partial charge in [0.15, 0.2) is 0 Å². The number of nitrogens with zero attached hydrogens (tertiary/aromatic N) is 3. The van der Waals surface area contributed by atoms with E-state index < -0.39 is 0 Å². The number of thiophene rings is 1. The van der Waals surface area contributed by atoms with E-state index in [4.69, 9.17) is 0 Å². The van der Waals surface area contributed by atoms with E-state index in [1.165, 1.54) is 74.9 Å². The van der Waals surface area contributed by atoms with Crippen LogP contribution in [0.4, 0.5) is 0 Å². The number of likely N-dealkylation sites (tertiary alicyclic amines) is 1. The monoisotopic (exact) mass is 375 g/mol. The minimum Gasteiger partial charge on any atom is -0.337 e. The average Bonchev–Trinajstić information content (AvgIpc) is 3.10. The van der Waals surface area contributed by atoms with Crippen LogP contribution in [-0.2, 0) is 17.9 Å². The van der Waals surface area contributed by atoms with E-state index in [0.717, 1.165) is 26.2 Å². The number of carbonyl (C=O) groups is 1. The summed E-state index contributed by atoms with van der Waals surface area (Å²) in [4.78, 5) is 21.2. The summed E-state index contributed by atoms with van der Waals surface area (Å²) in [6.45, 7) is 7.11. The molecule has 0 unspecified atom stereocenters. The first-order valence-electron chi connectivity index (χ1n) is 10.6. The maximum atomic E-state index is 12.6. The minimum atomic E-state index is 0.355. The van der Waals surface area contributed by atoms with Crippen molar-refractivity contribution in [3.05, 3.63) is 21.9 Å². The number of piperidine rings is 1. The van der Waals surface area contributed by atoms with Gasteiger partial charge in [0.05, 0.1) is 6.54 Å². The third-order valence-corrected chi connectivity index (χ3v) is 7.26. The quantitative estimate of drug-likeness (QED) is 0.785. The zero-order valence-electron chi connectivity index (χ0n) is 16.0. The van der Waals surface area contributed by atoms with Crippen molar-refractivity contribution in [2.75, 3.05) is 32.7 Å². The molecule has 5 heteroatoms. The Morgan fingerprint density at radius 1 is 0.885 bits per heavy atom. The Hall–Kier alpha value is -0.910. The molecule has 26 heavy (non-hydrogen) atoms. The van der Waals surface area contributed by atoms with Crippen LogP contribution < -0.4 is 0 Å². The Bertz CT molecular complexity index is 590. The second-order valence-electron chi connectivity index (χ2n) is 8.35. The zero-order valence-corrected chi connectivity index (χ0v) is 16.8. The average molecular weight is 376 g/mol. The van der Waals surface area contributed by atoms with Crippen LogP contribution in [-0.4, -0.2) is 59.4 Å². The fraction of sp³-hybridized carbons (Fsp3) is 0.762. The van der Waals surface area contributed by atoms with Crippen molar-refractivity contribution < 1.29 is 4.79 Å². The molecule has 4 nitrogen and oxygen atoms in total. The number of hydrogen-bond acceptors (Lipinski definition) is 4. The molecule has 0 bridgehead atoms. The van der Waals surface area contributed by atoms with E-state index in [1.54, 1.807) is 0 Å². The van der Waals surface area contributed by atoms with Crippen LogP contribution >= 0.6 is 11.3 Å². The Morgan fingerprint density at radius 3 is 2.42 bits per heavy atom. The van der Waals surface area contributed by atoms with Gasteiger partial charge in [0.1, 0.15) is 0 Å². The number of hydrogen-bond donors (Lipinski definition) is 0. The topological polar surface area (TPSA) is 26.8 Å². The van der Waals surface area contributed by atoms with Crippen molar-refractivity contribution in [1.82, 2.24) is 14.7 Å². The summed E-state index contributed by atoms with van der Waals surface area (Å²) in [6, 6.07) is 2.90. The van der Waals surface area contributed by atoms with Gasteiger partial charge in [0.25, 0.3) is 0 Å². The van der Waals surface area contributed by atoms with Crippen LogP contribution in [0, 0.1) is 0 Å². The molecule has 2 saturated heterocycles. The molecule has 0 atom stereocenters. The number of amides is 1. The van der Waals surface area contributed by atoms with E-state index in [9.17, 15) is 4.79 Å². The fourth-order valence-corrected chi connectivity index (χ4v) is 5.76. The minimum absolute atomic E-state index is 0.355. The Balaban J connectivity index is 1.26. The number of rotatable bonds is 5. The molecule has 144 valence electrons. The molecule has 3 fully saturated rings. The second-order valence-corrected chi connectivity index (χ2v) is 9.34. The van der Waals surface area contributed by atoms with Gasteiger partial charge in [-0.3, -0.25) is 14.6 Å². The summed E-state index contributed by atoms with van der Waals surface area (Å²) in [5, 5.41) is 2.32. The van der Waals surface area contributed by atoms with Crippen LogP contribution in [0.5, 0.6) is 0 Å². The first kappa shape index (κ1) is 18.5. The third kappa shape index (κ3) is 4.68. The Morgan fingerprint density at radius 2 is 1.65 bits per heavy atom. The van der Waals surface area contributed by atoms with Gasteiger partial charge in [-0.2, -0.15) is 0 Å². The molecule has 0 spiro atoms. The molecule has 1 amide bonds. The predicted octanol–water partition coefficient (Wildman–Crippen LogP) is 3.71. The standard InChI is InChI=1S/C21H33N3OS/c25-21-16-23(11-12-24(21)19-7-3-1-4-8-19)15-20-13-18(17-26-20)14-22-9-5-2-6-10-22/h13,17,19H,1-12,14-16H2. The summed E-state index contributed by atoms with van der Waals surface area (Å²) in [5.74, 6) is 0.355.